The molecule has 0 radical (unpaired) electrons. The number of benzene rings is 3. The van der Waals surface area contributed by atoms with Crippen LogP contribution in [0, 0.1) is 16.0 Å². The van der Waals surface area contributed by atoms with Crippen LogP contribution in [0.15, 0.2) is 70.3 Å². The second kappa shape index (κ2) is 10.6. The van der Waals surface area contributed by atoms with Gasteiger partial charge in [-0.1, -0.05) is 41.4 Å². The van der Waals surface area contributed by atoms with Gasteiger partial charge in [-0.2, -0.15) is 0 Å². The second-order valence-corrected chi connectivity index (χ2v) is 9.38. The third-order valence-corrected chi connectivity index (χ3v) is 6.79. The number of carbonyl (C=O) groups is 2. The van der Waals surface area contributed by atoms with Gasteiger partial charge >= 0.3 is 11.7 Å². The van der Waals surface area contributed by atoms with E-state index in [0.717, 1.165) is 10.6 Å². The minimum absolute atomic E-state index is 0.00642. The van der Waals surface area contributed by atoms with Gasteiger partial charge in [-0.3, -0.25) is 29.1 Å². The first-order valence-electron chi connectivity index (χ1n) is 11.2. The quantitative estimate of drug-likeness (QED) is 0.192. The predicted molar refractivity (Wildman–Crippen MR) is 142 cm³/mol. The van der Waals surface area contributed by atoms with Gasteiger partial charge in [0, 0.05) is 25.6 Å². The number of carboxylic acids is 1. The third-order valence-electron chi connectivity index (χ3n) is 6.16. The number of carbonyl (C=O) groups excluding carboxylic acids is 1. The summed E-state index contributed by atoms with van der Waals surface area (Å²) >= 11 is 12.2. The lowest BCUT2D eigenvalue weighted by Gasteiger charge is -2.14. The molecular formula is C26H19Cl2N3O7. The van der Waals surface area contributed by atoms with E-state index in [-0.39, 0.29) is 50.7 Å². The molecule has 12 heteroatoms. The molecule has 0 aliphatic carbocycles. The number of aryl methyl sites for hydroxylation is 1. The number of Topliss-reactive ketones (excluding diaryl/α,β-unsaturated/α-hetero) is 1. The molecule has 0 aliphatic heterocycles. The SMILES string of the molecule is Cn1c(=O)n(-c2ccc(CC(CC(=O)c3c(Cl)cccc3Cl)C(=O)O)cc2)c(=O)c2cc([N+](=O)[O-])ccc21. The van der Waals surface area contributed by atoms with Gasteiger partial charge in [0.15, 0.2) is 5.78 Å². The largest absolute Gasteiger partial charge is 0.481 e. The third kappa shape index (κ3) is 5.09. The molecule has 4 aromatic rings. The Balaban J connectivity index is 1.65. The molecule has 1 atom stereocenters. The van der Waals surface area contributed by atoms with Crippen molar-refractivity contribution >= 4 is 51.5 Å². The van der Waals surface area contributed by atoms with E-state index in [2.05, 4.69) is 0 Å². The molecule has 1 N–H and O–H groups in total. The van der Waals surface area contributed by atoms with E-state index in [0.29, 0.717) is 5.56 Å². The second-order valence-electron chi connectivity index (χ2n) is 8.57. The Hall–Kier alpha value is -4.28. The number of hydrogen-bond donors (Lipinski definition) is 1. The molecule has 4 rings (SSSR count). The molecule has 3 aromatic carbocycles. The van der Waals surface area contributed by atoms with E-state index in [1.807, 2.05) is 0 Å². The number of rotatable bonds is 8. The maximum Gasteiger partial charge on any atom is 0.335 e. The smallest absolute Gasteiger partial charge is 0.335 e. The molecule has 1 heterocycles. The molecule has 1 unspecified atom stereocenters. The fourth-order valence-corrected chi connectivity index (χ4v) is 4.80. The average molecular weight is 556 g/mol. The number of halogens is 2. The summed E-state index contributed by atoms with van der Waals surface area (Å²) in [6, 6.07) is 14.2. The number of aromatic nitrogens is 2. The Morgan fingerprint density at radius 2 is 1.66 bits per heavy atom. The lowest BCUT2D eigenvalue weighted by molar-refractivity contribution is -0.384. The first kappa shape index (κ1) is 26.8. The van der Waals surface area contributed by atoms with Crippen LogP contribution in [0.5, 0.6) is 0 Å². The minimum atomic E-state index is -1.19. The number of nitro groups is 1. The lowest BCUT2D eigenvalue weighted by atomic mass is 9.92. The Morgan fingerprint density at radius 1 is 1.03 bits per heavy atom. The first-order valence-corrected chi connectivity index (χ1v) is 11.9. The maximum absolute atomic E-state index is 13.1. The van der Waals surface area contributed by atoms with Crippen LogP contribution in [0.3, 0.4) is 0 Å². The fourth-order valence-electron chi connectivity index (χ4n) is 4.19. The number of nitro benzene ring substituents is 1. The summed E-state index contributed by atoms with van der Waals surface area (Å²) in [7, 11) is 1.44. The van der Waals surface area contributed by atoms with Gasteiger partial charge in [0.05, 0.1) is 43.0 Å². The van der Waals surface area contributed by atoms with Crippen molar-refractivity contribution in [1.82, 2.24) is 9.13 Å². The standard InChI is InChI=1S/C26H19Cl2N3O7/c1-29-21-10-9-17(31(37)38)13-18(21)24(33)30(26(29)36)16-7-5-14(6-8-16)11-15(25(34)35)12-22(32)23-19(27)3-2-4-20(23)28/h2-10,13,15H,11-12H2,1H3,(H,34,35). The van der Waals surface area contributed by atoms with E-state index in [4.69, 9.17) is 23.2 Å². The number of ketones is 1. The zero-order chi connectivity index (χ0) is 27.7. The van der Waals surface area contributed by atoms with Crippen molar-refractivity contribution in [2.45, 2.75) is 12.8 Å². The van der Waals surface area contributed by atoms with Crippen molar-refractivity contribution in [2.75, 3.05) is 0 Å². The zero-order valence-electron chi connectivity index (χ0n) is 19.8. The molecule has 194 valence electrons. The molecule has 0 saturated heterocycles. The lowest BCUT2D eigenvalue weighted by Crippen LogP contribution is -2.37. The summed E-state index contributed by atoms with van der Waals surface area (Å²) in [5.74, 6) is -2.78. The molecule has 38 heavy (non-hydrogen) atoms. The van der Waals surface area contributed by atoms with Crippen LogP contribution in [-0.4, -0.2) is 30.9 Å². The summed E-state index contributed by atoms with van der Waals surface area (Å²) in [5.41, 5.74) is -0.642. The maximum atomic E-state index is 13.1. The number of carboxylic acid groups (broad SMARTS) is 1. The molecule has 0 bridgehead atoms. The average Bonchev–Trinajstić information content (AvgIpc) is 2.87. The van der Waals surface area contributed by atoms with E-state index >= 15 is 0 Å². The summed E-state index contributed by atoms with van der Waals surface area (Å²) in [5, 5.41) is 21.1. The highest BCUT2D eigenvalue weighted by Gasteiger charge is 2.25. The number of nitrogens with zero attached hydrogens (tertiary/aromatic N) is 3. The Bertz CT molecular complexity index is 1710. The van der Waals surface area contributed by atoms with Crippen LogP contribution < -0.4 is 11.2 Å². The van der Waals surface area contributed by atoms with Gasteiger partial charge in [-0.05, 0) is 42.3 Å². The Kier molecular flexibility index (Phi) is 7.47. The number of fused-ring (bicyclic) bond motifs is 1. The van der Waals surface area contributed by atoms with E-state index in [9.17, 15) is 34.4 Å². The summed E-state index contributed by atoms with van der Waals surface area (Å²) in [4.78, 5) is 61.3. The number of hydrogen-bond acceptors (Lipinski definition) is 6. The van der Waals surface area contributed by atoms with Crippen molar-refractivity contribution in [1.29, 1.82) is 0 Å². The van der Waals surface area contributed by atoms with Crippen molar-refractivity contribution in [3.63, 3.8) is 0 Å². The van der Waals surface area contributed by atoms with Gasteiger partial charge < -0.3 is 5.11 Å². The van der Waals surface area contributed by atoms with Crippen LogP contribution in [0.4, 0.5) is 5.69 Å². The topological polar surface area (TPSA) is 142 Å². The molecule has 0 saturated carbocycles. The van der Waals surface area contributed by atoms with Gasteiger partial charge in [-0.15, -0.1) is 0 Å². The Morgan fingerprint density at radius 3 is 2.24 bits per heavy atom. The van der Waals surface area contributed by atoms with Crippen molar-refractivity contribution in [2.24, 2.45) is 13.0 Å². The van der Waals surface area contributed by atoms with E-state index < -0.39 is 33.8 Å². The Labute approximate surface area is 224 Å². The zero-order valence-corrected chi connectivity index (χ0v) is 21.3. The van der Waals surface area contributed by atoms with Crippen molar-refractivity contribution in [3.05, 3.63) is 113 Å². The highest BCUT2D eigenvalue weighted by molar-refractivity contribution is 6.39. The number of aliphatic carboxylic acids is 1. The normalized spacial score (nSPS) is 11.9. The highest BCUT2D eigenvalue weighted by atomic mass is 35.5. The van der Waals surface area contributed by atoms with Crippen LogP contribution >= 0.6 is 23.2 Å². The molecule has 1 aromatic heterocycles. The molecular weight excluding hydrogens is 537 g/mol. The molecule has 0 amide bonds. The van der Waals surface area contributed by atoms with Gasteiger partial charge in [0.2, 0.25) is 0 Å². The summed E-state index contributed by atoms with van der Waals surface area (Å²) in [6.07, 6.45) is -0.357. The van der Waals surface area contributed by atoms with Gasteiger partial charge in [0.1, 0.15) is 0 Å². The van der Waals surface area contributed by atoms with E-state index in [1.165, 1.54) is 48.0 Å². The van der Waals surface area contributed by atoms with Crippen molar-refractivity contribution in [3.8, 4) is 5.69 Å². The van der Waals surface area contributed by atoms with Crippen LogP contribution in [0.2, 0.25) is 10.0 Å². The minimum Gasteiger partial charge on any atom is -0.481 e. The predicted octanol–water partition coefficient (Wildman–Crippen LogP) is 4.42. The van der Waals surface area contributed by atoms with Crippen LogP contribution in [-0.2, 0) is 18.3 Å². The van der Waals surface area contributed by atoms with Crippen LogP contribution in [0.1, 0.15) is 22.3 Å². The first-order chi connectivity index (χ1) is 18.0. The van der Waals surface area contributed by atoms with E-state index in [1.54, 1.807) is 18.2 Å². The highest BCUT2D eigenvalue weighted by Crippen LogP contribution is 2.28. The molecule has 0 fully saturated rings. The fraction of sp³-hybridized carbons (Fsp3) is 0.154. The monoisotopic (exact) mass is 555 g/mol. The van der Waals surface area contributed by atoms with Crippen LogP contribution in [0.25, 0.3) is 16.6 Å². The van der Waals surface area contributed by atoms with Gasteiger partial charge in [-0.25, -0.2) is 9.36 Å². The molecule has 0 spiro atoms. The van der Waals surface area contributed by atoms with Gasteiger partial charge in [0.25, 0.3) is 11.2 Å². The van der Waals surface area contributed by atoms with Crippen molar-refractivity contribution < 1.29 is 19.6 Å². The number of non-ortho nitro benzene ring substituents is 1. The summed E-state index contributed by atoms with van der Waals surface area (Å²) < 4.78 is 2.09. The molecule has 0 aliphatic rings. The molecule has 10 nitrogen and oxygen atoms in total. The summed E-state index contributed by atoms with van der Waals surface area (Å²) in [6.45, 7) is 0.